The number of carbonyl (C=O) groups is 1. The Morgan fingerprint density at radius 2 is 2.00 bits per heavy atom. The topological polar surface area (TPSA) is 60.1 Å². The molecule has 2 heterocycles. The molecule has 1 N–H and O–H groups in total. The molecule has 0 spiro atoms. The van der Waals surface area contributed by atoms with Crippen LogP contribution in [0.25, 0.3) is 6.08 Å². The lowest BCUT2D eigenvalue weighted by molar-refractivity contribution is -0.116. The second kappa shape index (κ2) is 7.96. The van der Waals surface area contributed by atoms with Crippen LogP contribution in [-0.4, -0.2) is 15.5 Å². The van der Waals surface area contributed by atoms with Crippen molar-refractivity contribution in [3.8, 4) is 0 Å². The van der Waals surface area contributed by atoms with Crippen molar-refractivity contribution in [2.24, 2.45) is 0 Å². The maximum atomic E-state index is 11.8. The van der Waals surface area contributed by atoms with Gasteiger partial charge in [-0.05, 0) is 51.9 Å². The summed E-state index contributed by atoms with van der Waals surface area (Å²) in [6.45, 7) is 1.28. The Balaban J connectivity index is 1.49. The molecule has 3 aromatic rings. The SMILES string of the molecule is O=C(/C=C/c1ccc(I)o1)NCc1ccc(Cn2ccnc2)cc1. The minimum atomic E-state index is -0.149. The van der Waals surface area contributed by atoms with Crippen LogP contribution >= 0.6 is 22.6 Å². The van der Waals surface area contributed by atoms with Gasteiger partial charge in [-0.25, -0.2) is 4.98 Å². The Kier molecular flexibility index (Phi) is 5.47. The van der Waals surface area contributed by atoms with Gasteiger partial charge >= 0.3 is 0 Å². The third-order valence-corrected chi connectivity index (χ3v) is 3.99. The lowest BCUT2D eigenvalue weighted by atomic mass is 10.1. The minimum absolute atomic E-state index is 0.149. The summed E-state index contributed by atoms with van der Waals surface area (Å²) in [5.74, 6) is 0.516. The van der Waals surface area contributed by atoms with Crippen molar-refractivity contribution in [2.75, 3.05) is 0 Å². The van der Waals surface area contributed by atoms with E-state index in [1.54, 1.807) is 18.6 Å². The van der Waals surface area contributed by atoms with Crippen LogP contribution < -0.4 is 5.32 Å². The quantitative estimate of drug-likeness (QED) is 0.479. The fourth-order valence-corrected chi connectivity index (χ4v) is 2.61. The third-order valence-electron chi connectivity index (χ3n) is 3.41. The number of halogens is 1. The molecule has 0 atom stereocenters. The zero-order valence-electron chi connectivity index (χ0n) is 12.9. The van der Waals surface area contributed by atoms with Crippen molar-refractivity contribution in [1.82, 2.24) is 14.9 Å². The predicted octanol–water partition coefficient (Wildman–Crippen LogP) is 3.46. The van der Waals surface area contributed by atoms with Crippen LogP contribution in [0.3, 0.4) is 0 Å². The average Bonchev–Trinajstić information content (AvgIpc) is 3.24. The second-order valence-corrected chi connectivity index (χ2v) is 6.31. The normalized spacial score (nSPS) is 11.0. The lowest BCUT2D eigenvalue weighted by Gasteiger charge is -2.06. The highest BCUT2D eigenvalue weighted by atomic mass is 127. The molecule has 6 heteroatoms. The fourth-order valence-electron chi connectivity index (χ4n) is 2.18. The van der Waals surface area contributed by atoms with Crippen molar-refractivity contribution in [3.63, 3.8) is 0 Å². The van der Waals surface area contributed by atoms with Gasteiger partial charge < -0.3 is 14.3 Å². The molecule has 0 radical (unpaired) electrons. The van der Waals surface area contributed by atoms with E-state index < -0.39 is 0 Å². The smallest absolute Gasteiger partial charge is 0.244 e. The van der Waals surface area contributed by atoms with Crippen LogP contribution in [0, 0.1) is 3.77 Å². The summed E-state index contributed by atoms with van der Waals surface area (Å²) in [5, 5.41) is 2.86. The van der Waals surface area contributed by atoms with E-state index in [4.69, 9.17) is 4.42 Å². The van der Waals surface area contributed by atoms with Gasteiger partial charge in [0.15, 0.2) is 3.77 Å². The number of hydrogen-bond donors (Lipinski definition) is 1. The summed E-state index contributed by atoms with van der Waals surface area (Å²) in [6.07, 6.45) is 8.62. The standard InChI is InChI=1S/C18H16IN3O2/c19-17-7-5-16(24-17)6-8-18(23)21-11-14-1-3-15(4-2-14)12-22-10-9-20-13-22/h1-10,13H,11-12H2,(H,21,23)/b8-6+. The molecule has 0 aliphatic heterocycles. The first-order chi connectivity index (χ1) is 11.7. The van der Waals surface area contributed by atoms with Crippen LogP contribution in [0.5, 0.6) is 0 Å². The molecule has 2 aromatic heterocycles. The first-order valence-electron chi connectivity index (χ1n) is 7.44. The second-order valence-electron chi connectivity index (χ2n) is 5.24. The van der Waals surface area contributed by atoms with Gasteiger partial charge in [0.05, 0.1) is 6.33 Å². The fraction of sp³-hybridized carbons (Fsp3) is 0.111. The van der Waals surface area contributed by atoms with Crippen LogP contribution in [0.15, 0.2) is 65.6 Å². The van der Waals surface area contributed by atoms with Gasteiger partial charge in [0.2, 0.25) is 5.91 Å². The molecule has 0 fully saturated rings. The Hall–Kier alpha value is -2.35. The first-order valence-corrected chi connectivity index (χ1v) is 8.52. The molecule has 3 rings (SSSR count). The summed E-state index contributed by atoms with van der Waals surface area (Å²) in [4.78, 5) is 15.9. The van der Waals surface area contributed by atoms with Crippen LogP contribution in [-0.2, 0) is 17.9 Å². The van der Waals surface area contributed by atoms with Gasteiger partial charge in [-0.1, -0.05) is 24.3 Å². The molecule has 0 aliphatic rings. The van der Waals surface area contributed by atoms with E-state index in [1.807, 2.05) is 35.0 Å². The molecule has 0 unspecified atom stereocenters. The molecule has 0 bridgehead atoms. The Bertz CT molecular complexity index is 820. The monoisotopic (exact) mass is 433 g/mol. The van der Waals surface area contributed by atoms with Gasteiger partial charge in [-0.3, -0.25) is 4.79 Å². The summed E-state index contributed by atoms with van der Waals surface area (Å²) < 4.78 is 8.17. The zero-order valence-corrected chi connectivity index (χ0v) is 15.0. The highest BCUT2D eigenvalue weighted by molar-refractivity contribution is 14.1. The third kappa shape index (κ3) is 4.82. The Labute approximate surface area is 153 Å². The summed E-state index contributed by atoms with van der Waals surface area (Å²) in [6, 6.07) is 11.8. The molecular weight excluding hydrogens is 417 g/mol. The van der Waals surface area contributed by atoms with Gasteiger partial charge in [0.1, 0.15) is 5.76 Å². The number of benzene rings is 1. The van der Waals surface area contributed by atoms with Crippen molar-refractivity contribution < 1.29 is 9.21 Å². The molecule has 24 heavy (non-hydrogen) atoms. The van der Waals surface area contributed by atoms with E-state index in [2.05, 4.69) is 45.0 Å². The molecular formula is C18H16IN3O2. The van der Waals surface area contributed by atoms with Crippen molar-refractivity contribution in [1.29, 1.82) is 0 Å². The minimum Gasteiger partial charge on any atom is -0.451 e. The van der Waals surface area contributed by atoms with E-state index in [9.17, 15) is 4.79 Å². The van der Waals surface area contributed by atoms with Gasteiger partial charge in [-0.2, -0.15) is 0 Å². The lowest BCUT2D eigenvalue weighted by Crippen LogP contribution is -2.20. The number of rotatable bonds is 6. The van der Waals surface area contributed by atoms with Crippen molar-refractivity contribution in [3.05, 3.63) is 81.8 Å². The number of furan rings is 1. The predicted molar refractivity (Wildman–Crippen MR) is 100 cm³/mol. The number of carbonyl (C=O) groups excluding carboxylic acids is 1. The maximum absolute atomic E-state index is 11.8. The zero-order chi connectivity index (χ0) is 16.8. The molecule has 0 saturated heterocycles. The summed E-state index contributed by atoms with van der Waals surface area (Å²) >= 11 is 2.08. The maximum Gasteiger partial charge on any atom is 0.244 e. The number of amides is 1. The highest BCUT2D eigenvalue weighted by Crippen LogP contribution is 2.11. The molecule has 0 aliphatic carbocycles. The molecule has 1 amide bonds. The van der Waals surface area contributed by atoms with E-state index >= 15 is 0 Å². The average molecular weight is 433 g/mol. The molecule has 5 nitrogen and oxygen atoms in total. The van der Waals surface area contributed by atoms with Crippen molar-refractivity contribution in [2.45, 2.75) is 13.1 Å². The molecule has 122 valence electrons. The van der Waals surface area contributed by atoms with E-state index in [0.717, 1.165) is 15.9 Å². The number of aromatic nitrogens is 2. The molecule has 0 saturated carbocycles. The highest BCUT2D eigenvalue weighted by Gasteiger charge is 2.00. The number of nitrogens with one attached hydrogen (secondary N) is 1. The number of imidazole rings is 1. The summed E-state index contributed by atoms with van der Waals surface area (Å²) in [5.41, 5.74) is 2.24. The number of hydrogen-bond acceptors (Lipinski definition) is 3. The van der Waals surface area contributed by atoms with Crippen LogP contribution in [0.2, 0.25) is 0 Å². The molecule has 1 aromatic carbocycles. The Morgan fingerprint density at radius 3 is 2.67 bits per heavy atom. The van der Waals surface area contributed by atoms with Gasteiger partial charge in [-0.15, -0.1) is 0 Å². The van der Waals surface area contributed by atoms with E-state index in [0.29, 0.717) is 12.3 Å². The van der Waals surface area contributed by atoms with Gasteiger partial charge in [0.25, 0.3) is 0 Å². The Morgan fingerprint density at radius 1 is 1.21 bits per heavy atom. The van der Waals surface area contributed by atoms with Gasteiger partial charge in [0, 0.05) is 31.6 Å². The first kappa shape index (κ1) is 16.5. The summed E-state index contributed by atoms with van der Waals surface area (Å²) in [7, 11) is 0. The number of nitrogens with zero attached hydrogens (tertiary/aromatic N) is 2. The van der Waals surface area contributed by atoms with Crippen LogP contribution in [0.4, 0.5) is 0 Å². The van der Waals surface area contributed by atoms with E-state index in [1.165, 1.54) is 11.6 Å². The largest absolute Gasteiger partial charge is 0.451 e. The van der Waals surface area contributed by atoms with E-state index in [-0.39, 0.29) is 5.91 Å². The van der Waals surface area contributed by atoms with Crippen molar-refractivity contribution >= 4 is 34.6 Å². The van der Waals surface area contributed by atoms with Crippen LogP contribution in [0.1, 0.15) is 16.9 Å².